The molecule has 17 heavy (non-hydrogen) atoms. The molecule has 3 atom stereocenters. The summed E-state index contributed by atoms with van der Waals surface area (Å²) in [6.45, 7) is 5.21. The van der Waals surface area contributed by atoms with Crippen LogP contribution in [0.5, 0.6) is 0 Å². The third-order valence-corrected chi connectivity index (χ3v) is 4.22. The fourth-order valence-electron chi connectivity index (χ4n) is 3.34. The summed E-state index contributed by atoms with van der Waals surface area (Å²) >= 11 is 0. The largest absolute Gasteiger partial charge is 0.353 e. The zero-order chi connectivity index (χ0) is 12.3. The smallest absolute Gasteiger partial charge is 0.220 e. The van der Waals surface area contributed by atoms with E-state index in [-0.39, 0.29) is 5.91 Å². The number of hydrogen-bond donors (Lipinski definition) is 2. The molecule has 98 valence electrons. The molecule has 3 heteroatoms. The quantitative estimate of drug-likeness (QED) is 0.696. The molecular weight excluding hydrogens is 212 g/mol. The van der Waals surface area contributed by atoms with Gasteiger partial charge in [0.1, 0.15) is 0 Å². The Labute approximate surface area is 105 Å². The molecule has 0 aliphatic heterocycles. The topological polar surface area (TPSA) is 41.1 Å². The molecular formula is C14H26N2O. The van der Waals surface area contributed by atoms with Gasteiger partial charge in [-0.3, -0.25) is 4.79 Å². The van der Waals surface area contributed by atoms with Gasteiger partial charge in [-0.2, -0.15) is 0 Å². The van der Waals surface area contributed by atoms with Crippen molar-refractivity contribution in [2.75, 3.05) is 6.54 Å². The fraction of sp³-hybridized carbons (Fsp3) is 0.929. The number of rotatable bonds is 6. The van der Waals surface area contributed by atoms with Gasteiger partial charge in [0, 0.05) is 18.5 Å². The minimum atomic E-state index is 0.258. The average molecular weight is 238 g/mol. The average Bonchev–Trinajstić information content (AvgIpc) is 2.86. The Kier molecular flexibility index (Phi) is 4.43. The second-order valence-electron chi connectivity index (χ2n) is 6.06. The van der Waals surface area contributed by atoms with E-state index in [9.17, 15) is 4.79 Å². The Morgan fingerprint density at radius 1 is 1.29 bits per heavy atom. The second kappa shape index (κ2) is 5.85. The molecule has 0 aromatic carbocycles. The van der Waals surface area contributed by atoms with Crippen LogP contribution >= 0.6 is 0 Å². The van der Waals surface area contributed by atoms with Crippen LogP contribution in [-0.2, 0) is 4.79 Å². The van der Waals surface area contributed by atoms with Crippen LogP contribution in [0.1, 0.15) is 52.4 Å². The van der Waals surface area contributed by atoms with E-state index in [1.807, 2.05) is 0 Å². The molecule has 0 heterocycles. The molecule has 2 fully saturated rings. The first kappa shape index (κ1) is 12.9. The van der Waals surface area contributed by atoms with Crippen LogP contribution in [0.3, 0.4) is 0 Å². The number of fused-ring (bicyclic) bond motifs is 2. The van der Waals surface area contributed by atoms with Gasteiger partial charge in [0.25, 0.3) is 0 Å². The number of hydrogen-bond acceptors (Lipinski definition) is 2. The van der Waals surface area contributed by atoms with Crippen molar-refractivity contribution in [2.45, 2.75) is 64.5 Å². The molecule has 0 radical (unpaired) electrons. The van der Waals surface area contributed by atoms with Crippen molar-refractivity contribution in [3.8, 4) is 0 Å². The minimum Gasteiger partial charge on any atom is -0.353 e. The third-order valence-electron chi connectivity index (χ3n) is 4.22. The monoisotopic (exact) mass is 238 g/mol. The van der Waals surface area contributed by atoms with Crippen LogP contribution in [-0.4, -0.2) is 24.5 Å². The lowest BCUT2D eigenvalue weighted by molar-refractivity contribution is -0.122. The summed E-state index contributed by atoms with van der Waals surface area (Å²) in [7, 11) is 0. The van der Waals surface area contributed by atoms with Crippen molar-refractivity contribution < 1.29 is 4.79 Å². The van der Waals surface area contributed by atoms with Gasteiger partial charge in [0.2, 0.25) is 5.91 Å². The Hall–Kier alpha value is -0.570. The molecule has 2 rings (SSSR count). The fourth-order valence-corrected chi connectivity index (χ4v) is 3.34. The van der Waals surface area contributed by atoms with Gasteiger partial charge in [-0.25, -0.2) is 0 Å². The molecule has 0 aromatic heterocycles. The Morgan fingerprint density at radius 2 is 2.12 bits per heavy atom. The molecule has 0 aromatic rings. The van der Waals surface area contributed by atoms with Gasteiger partial charge in [-0.1, -0.05) is 20.3 Å². The summed E-state index contributed by atoms with van der Waals surface area (Å²) in [4.78, 5) is 11.8. The summed E-state index contributed by atoms with van der Waals surface area (Å²) in [6.07, 6.45) is 6.96. The van der Waals surface area contributed by atoms with Crippen LogP contribution in [0, 0.1) is 11.8 Å². The van der Waals surface area contributed by atoms with E-state index in [1.165, 1.54) is 25.7 Å². The maximum atomic E-state index is 11.8. The van der Waals surface area contributed by atoms with Gasteiger partial charge in [-0.15, -0.1) is 0 Å². The highest BCUT2D eigenvalue weighted by Gasteiger charge is 2.39. The zero-order valence-corrected chi connectivity index (χ0v) is 11.2. The summed E-state index contributed by atoms with van der Waals surface area (Å²) < 4.78 is 0. The first-order valence-corrected chi connectivity index (χ1v) is 7.18. The van der Waals surface area contributed by atoms with Gasteiger partial charge in [-0.05, 0) is 44.1 Å². The number of amides is 1. The van der Waals surface area contributed by atoms with Crippen molar-refractivity contribution in [3.63, 3.8) is 0 Å². The summed E-state index contributed by atoms with van der Waals surface area (Å²) in [5, 5.41) is 6.57. The second-order valence-corrected chi connectivity index (χ2v) is 6.06. The Bertz CT molecular complexity index is 265. The van der Waals surface area contributed by atoms with E-state index in [0.717, 1.165) is 24.8 Å². The predicted molar refractivity (Wildman–Crippen MR) is 69.8 cm³/mol. The van der Waals surface area contributed by atoms with E-state index in [1.54, 1.807) is 0 Å². The minimum absolute atomic E-state index is 0.258. The van der Waals surface area contributed by atoms with E-state index < -0.39 is 0 Å². The van der Waals surface area contributed by atoms with Crippen LogP contribution in [0.25, 0.3) is 0 Å². The summed E-state index contributed by atoms with van der Waals surface area (Å²) in [5.74, 6) is 1.96. The lowest BCUT2D eigenvalue weighted by Gasteiger charge is -2.22. The normalized spacial score (nSPS) is 31.1. The van der Waals surface area contributed by atoms with E-state index >= 15 is 0 Å². The van der Waals surface area contributed by atoms with Gasteiger partial charge < -0.3 is 10.6 Å². The molecule has 2 aliphatic rings. The maximum absolute atomic E-state index is 11.8. The van der Waals surface area contributed by atoms with E-state index in [2.05, 4.69) is 24.5 Å². The lowest BCUT2D eigenvalue weighted by atomic mass is 9.95. The molecule has 2 saturated carbocycles. The molecule has 0 spiro atoms. The molecule has 3 nitrogen and oxygen atoms in total. The molecule has 1 amide bonds. The summed E-state index contributed by atoms with van der Waals surface area (Å²) in [5.41, 5.74) is 0. The standard InChI is InChI=1S/C14H26N2O/c1-10(2)15-7-3-4-14(17)16-13-9-11-5-6-12(13)8-11/h10-13,15H,3-9H2,1-2H3,(H,16,17). The van der Waals surface area contributed by atoms with Crippen molar-refractivity contribution in [3.05, 3.63) is 0 Å². The molecule has 2 N–H and O–H groups in total. The van der Waals surface area contributed by atoms with E-state index in [0.29, 0.717) is 18.5 Å². The van der Waals surface area contributed by atoms with Crippen LogP contribution in [0.4, 0.5) is 0 Å². The molecule has 2 bridgehead atoms. The SMILES string of the molecule is CC(C)NCCCC(=O)NC1CC2CCC1C2. The van der Waals surface area contributed by atoms with E-state index in [4.69, 9.17) is 0 Å². The molecule has 3 unspecified atom stereocenters. The highest BCUT2D eigenvalue weighted by atomic mass is 16.1. The van der Waals surface area contributed by atoms with Gasteiger partial charge in [0.05, 0.1) is 0 Å². The van der Waals surface area contributed by atoms with Gasteiger partial charge in [0.15, 0.2) is 0 Å². The third kappa shape index (κ3) is 3.70. The first-order valence-electron chi connectivity index (χ1n) is 7.18. The van der Waals surface area contributed by atoms with Crippen molar-refractivity contribution in [1.82, 2.24) is 10.6 Å². The zero-order valence-electron chi connectivity index (χ0n) is 11.2. The number of nitrogens with one attached hydrogen (secondary N) is 2. The van der Waals surface area contributed by atoms with Crippen LogP contribution in [0.2, 0.25) is 0 Å². The van der Waals surface area contributed by atoms with Crippen molar-refractivity contribution in [2.24, 2.45) is 11.8 Å². The predicted octanol–water partition coefficient (Wildman–Crippen LogP) is 2.07. The molecule has 0 saturated heterocycles. The number of carbonyl (C=O) groups is 1. The summed E-state index contributed by atoms with van der Waals surface area (Å²) in [6, 6.07) is 1.02. The number of carbonyl (C=O) groups excluding carboxylic acids is 1. The highest BCUT2D eigenvalue weighted by Crippen LogP contribution is 2.44. The maximum Gasteiger partial charge on any atom is 0.220 e. The van der Waals surface area contributed by atoms with Gasteiger partial charge >= 0.3 is 0 Å². The lowest BCUT2D eigenvalue weighted by Crippen LogP contribution is -2.38. The Balaban J connectivity index is 1.58. The Morgan fingerprint density at radius 3 is 2.71 bits per heavy atom. The van der Waals surface area contributed by atoms with Crippen molar-refractivity contribution in [1.29, 1.82) is 0 Å². The first-order chi connectivity index (χ1) is 8.15. The van der Waals surface area contributed by atoms with Crippen LogP contribution < -0.4 is 10.6 Å². The highest BCUT2D eigenvalue weighted by molar-refractivity contribution is 5.76. The molecule has 2 aliphatic carbocycles. The van der Waals surface area contributed by atoms with Crippen molar-refractivity contribution >= 4 is 5.91 Å². The van der Waals surface area contributed by atoms with Crippen LogP contribution in [0.15, 0.2) is 0 Å².